The molecule has 1 aromatic carbocycles. The van der Waals surface area contributed by atoms with Crippen molar-refractivity contribution in [1.82, 2.24) is 4.90 Å². The second-order valence-corrected chi connectivity index (χ2v) is 4.13. The van der Waals surface area contributed by atoms with Crippen LogP contribution in [-0.2, 0) is 0 Å². The third-order valence-corrected chi connectivity index (χ3v) is 3.09. The average molecular weight is 190 g/mol. The summed E-state index contributed by atoms with van der Waals surface area (Å²) in [6.07, 6.45) is 1.14. The van der Waals surface area contributed by atoms with Gasteiger partial charge in [0.15, 0.2) is 0 Å². The molecule has 1 saturated heterocycles. The molecule has 76 valence electrons. The topological polar surface area (TPSA) is 29.3 Å². The van der Waals surface area contributed by atoms with Crippen molar-refractivity contribution in [2.45, 2.75) is 25.4 Å². The second kappa shape index (κ2) is 4.11. The zero-order valence-corrected chi connectivity index (χ0v) is 8.69. The fourth-order valence-electron chi connectivity index (χ4n) is 2.11. The molecule has 0 saturated carbocycles. The van der Waals surface area contributed by atoms with Crippen LogP contribution in [0.2, 0.25) is 0 Å². The van der Waals surface area contributed by atoms with Crippen molar-refractivity contribution in [3.05, 3.63) is 35.9 Å². The first-order valence-electron chi connectivity index (χ1n) is 5.32. The summed E-state index contributed by atoms with van der Waals surface area (Å²) < 4.78 is 0. The highest BCUT2D eigenvalue weighted by molar-refractivity contribution is 5.18. The fraction of sp³-hybridized carbons (Fsp3) is 0.500. The smallest absolute Gasteiger partial charge is 0.0320 e. The van der Waals surface area contributed by atoms with Gasteiger partial charge in [-0.15, -0.1) is 0 Å². The van der Waals surface area contributed by atoms with Crippen molar-refractivity contribution >= 4 is 0 Å². The number of nitrogens with zero attached hydrogens (tertiary/aromatic N) is 1. The Bertz CT molecular complexity index is 284. The third-order valence-electron chi connectivity index (χ3n) is 3.09. The van der Waals surface area contributed by atoms with Gasteiger partial charge in [0, 0.05) is 25.2 Å². The Hall–Kier alpha value is -0.860. The van der Waals surface area contributed by atoms with Crippen LogP contribution in [0.5, 0.6) is 0 Å². The summed E-state index contributed by atoms with van der Waals surface area (Å²) in [5, 5.41) is 0. The lowest BCUT2D eigenvalue weighted by Crippen LogP contribution is -2.28. The van der Waals surface area contributed by atoms with Crippen LogP contribution in [0.1, 0.15) is 24.9 Å². The Morgan fingerprint density at radius 1 is 1.36 bits per heavy atom. The highest BCUT2D eigenvalue weighted by Gasteiger charge is 2.23. The second-order valence-electron chi connectivity index (χ2n) is 4.13. The lowest BCUT2D eigenvalue weighted by Gasteiger charge is -2.24. The number of rotatable bonds is 2. The summed E-state index contributed by atoms with van der Waals surface area (Å²) in [5.41, 5.74) is 7.29. The molecule has 0 radical (unpaired) electrons. The summed E-state index contributed by atoms with van der Waals surface area (Å²) in [6, 6.07) is 11.5. The minimum atomic E-state index is 0.376. The molecule has 1 aromatic rings. The molecule has 2 heteroatoms. The van der Waals surface area contributed by atoms with Gasteiger partial charge in [-0.05, 0) is 18.9 Å². The lowest BCUT2D eigenvalue weighted by molar-refractivity contribution is 0.260. The van der Waals surface area contributed by atoms with Gasteiger partial charge in [-0.1, -0.05) is 30.3 Å². The van der Waals surface area contributed by atoms with E-state index in [2.05, 4.69) is 42.2 Å². The van der Waals surface area contributed by atoms with Crippen LogP contribution >= 0.6 is 0 Å². The van der Waals surface area contributed by atoms with Crippen LogP contribution in [-0.4, -0.2) is 24.0 Å². The molecule has 0 aliphatic carbocycles. The van der Waals surface area contributed by atoms with E-state index in [1.165, 1.54) is 5.56 Å². The minimum Gasteiger partial charge on any atom is -0.326 e. The van der Waals surface area contributed by atoms with Crippen molar-refractivity contribution in [3.63, 3.8) is 0 Å². The van der Waals surface area contributed by atoms with Gasteiger partial charge in [-0.3, -0.25) is 4.90 Å². The van der Waals surface area contributed by atoms with Gasteiger partial charge in [-0.25, -0.2) is 0 Å². The molecule has 1 aliphatic rings. The zero-order valence-electron chi connectivity index (χ0n) is 8.69. The molecule has 2 rings (SSSR count). The van der Waals surface area contributed by atoms with Crippen molar-refractivity contribution in [1.29, 1.82) is 0 Å². The van der Waals surface area contributed by atoms with E-state index in [4.69, 9.17) is 5.73 Å². The van der Waals surface area contributed by atoms with E-state index in [9.17, 15) is 0 Å². The largest absolute Gasteiger partial charge is 0.326 e. The Morgan fingerprint density at radius 2 is 2.07 bits per heavy atom. The van der Waals surface area contributed by atoms with E-state index in [1.807, 2.05) is 0 Å². The van der Waals surface area contributed by atoms with Crippen LogP contribution in [0.4, 0.5) is 0 Å². The molecule has 1 fully saturated rings. The van der Waals surface area contributed by atoms with Crippen LogP contribution in [0.25, 0.3) is 0 Å². The molecule has 0 aromatic heterocycles. The van der Waals surface area contributed by atoms with E-state index in [0.29, 0.717) is 12.1 Å². The van der Waals surface area contributed by atoms with Crippen molar-refractivity contribution in [2.75, 3.05) is 13.1 Å². The predicted octanol–water partition coefficient (Wildman–Crippen LogP) is 1.78. The highest BCUT2D eigenvalue weighted by Crippen LogP contribution is 2.23. The van der Waals surface area contributed by atoms with E-state index < -0.39 is 0 Å². The maximum Gasteiger partial charge on any atom is 0.0320 e. The van der Waals surface area contributed by atoms with Crippen molar-refractivity contribution < 1.29 is 0 Å². The predicted molar refractivity (Wildman–Crippen MR) is 59.0 cm³/mol. The third kappa shape index (κ3) is 1.97. The molecule has 0 bridgehead atoms. The number of hydrogen-bond donors (Lipinski definition) is 1. The maximum absolute atomic E-state index is 5.90. The summed E-state index contributed by atoms with van der Waals surface area (Å²) >= 11 is 0. The number of benzene rings is 1. The molecule has 0 unspecified atom stereocenters. The number of hydrogen-bond acceptors (Lipinski definition) is 2. The maximum atomic E-state index is 5.90. The standard InChI is InChI=1S/C12H18N2/c1-10(11-5-3-2-4-6-11)14-8-7-12(13)9-14/h2-6,10,12H,7-9,13H2,1H3/t10-,12-/m1/s1. The molecule has 1 aliphatic heterocycles. The summed E-state index contributed by atoms with van der Waals surface area (Å²) in [6.45, 7) is 4.43. The van der Waals surface area contributed by atoms with Gasteiger partial charge in [0.1, 0.15) is 0 Å². The van der Waals surface area contributed by atoms with E-state index in [0.717, 1.165) is 19.5 Å². The average Bonchev–Trinajstić information content (AvgIpc) is 2.65. The molecular weight excluding hydrogens is 172 g/mol. The van der Waals surface area contributed by atoms with Crippen LogP contribution in [0, 0.1) is 0 Å². The van der Waals surface area contributed by atoms with Crippen LogP contribution in [0.3, 0.4) is 0 Å². The first kappa shape index (κ1) is 9.69. The Kier molecular flexibility index (Phi) is 2.85. The fourth-order valence-corrected chi connectivity index (χ4v) is 2.11. The zero-order chi connectivity index (χ0) is 9.97. The minimum absolute atomic E-state index is 0.376. The van der Waals surface area contributed by atoms with Crippen LogP contribution < -0.4 is 5.73 Å². The molecule has 0 amide bonds. The van der Waals surface area contributed by atoms with E-state index in [1.54, 1.807) is 0 Å². The van der Waals surface area contributed by atoms with Crippen LogP contribution in [0.15, 0.2) is 30.3 Å². The monoisotopic (exact) mass is 190 g/mol. The molecule has 14 heavy (non-hydrogen) atoms. The molecule has 2 nitrogen and oxygen atoms in total. The molecule has 2 atom stereocenters. The molecule has 1 heterocycles. The summed E-state index contributed by atoms with van der Waals surface area (Å²) in [7, 11) is 0. The quantitative estimate of drug-likeness (QED) is 0.770. The molecule has 0 spiro atoms. The van der Waals surface area contributed by atoms with E-state index >= 15 is 0 Å². The number of nitrogens with two attached hydrogens (primary N) is 1. The summed E-state index contributed by atoms with van der Waals surface area (Å²) in [5.74, 6) is 0. The summed E-state index contributed by atoms with van der Waals surface area (Å²) in [4.78, 5) is 2.46. The van der Waals surface area contributed by atoms with Crippen molar-refractivity contribution in [3.8, 4) is 0 Å². The van der Waals surface area contributed by atoms with Gasteiger partial charge >= 0.3 is 0 Å². The first-order chi connectivity index (χ1) is 6.77. The van der Waals surface area contributed by atoms with Gasteiger partial charge < -0.3 is 5.73 Å². The Balaban J connectivity index is 2.05. The van der Waals surface area contributed by atoms with Crippen molar-refractivity contribution in [2.24, 2.45) is 5.73 Å². The lowest BCUT2D eigenvalue weighted by atomic mass is 10.1. The normalized spacial score (nSPS) is 25.1. The van der Waals surface area contributed by atoms with Gasteiger partial charge in [0.25, 0.3) is 0 Å². The van der Waals surface area contributed by atoms with Gasteiger partial charge in [-0.2, -0.15) is 0 Å². The highest BCUT2D eigenvalue weighted by atomic mass is 15.2. The Morgan fingerprint density at radius 3 is 2.64 bits per heavy atom. The Labute approximate surface area is 85.7 Å². The van der Waals surface area contributed by atoms with Gasteiger partial charge in [0.05, 0.1) is 0 Å². The molecular formula is C12H18N2. The van der Waals surface area contributed by atoms with E-state index in [-0.39, 0.29) is 0 Å². The number of likely N-dealkylation sites (tertiary alicyclic amines) is 1. The molecule has 2 N–H and O–H groups in total. The van der Waals surface area contributed by atoms with Gasteiger partial charge in [0.2, 0.25) is 0 Å². The SMILES string of the molecule is C[C@H](c1ccccc1)N1CC[C@@H](N)C1. The first-order valence-corrected chi connectivity index (χ1v) is 5.32.